The molecule has 4 aromatic rings. The van der Waals surface area contributed by atoms with Crippen LogP contribution in [0.4, 0.5) is 6.01 Å². The van der Waals surface area contributed by atoms with Crippen molar-refractivity contribution in [2.75, 3.05) is 31.2 Å². The highest BCUT2D eigenvalue weighted by atomic mass is 35.5. The van der Waals surface area contributed by atoms with Crippen LogP contribution in [0.5, 0.6) is 5.75 Å². The molecule has 1 aliphatic rings. The summed E-state index contributed by atoms with van der Waals surface area (Å²) in [5.41, 5.74) is 2.69. The summed E-state index contributed by atoms with van der Waals surface area (Å²) in [6.07, 6.45) is 0. The van der Waals surface area contributed by atoms with Gasteiger partial charge in [-0.05, 0) is 35.4 Å². The maximum Gasteiger partial charge on any atom is 0.301 e. The fourth-order valence-corrected chi connectivity index (χ4v) is 3.86. The molecular formula is C25H21ClN2O4. The number of ether oxygens (including phenoxy) is 2. The Bertz CT molecular complexity index is 1280. The van der Waals surface area contributed by atoms with Crippen molar-refractivity contribution >= 4 is 28.6 Å². The minimum Gasteiger partial charge on any atom is -0.488 e. The van der Waals surface area contributed by atoms with Crippen molar-refractivity contribution in [3.05, 3.63) is 87.7 Å². The summed E-state index contributed by atoms with van der Waals surface area (Å²) >= 11 is 6.12. The van der Waals surface area contributed by atoms with E-state index in [9.17, 15) is 4.79 Å². The normalized spacial score (nSPS) is 14.0. The molecule has 1 aliphatic heterocycles. The first-order valence-corrected chi connectivity index (χ1v) is 10.8. The van der Waals surface area contributed by atoms with Gasteiger partial charge in [0.1, 0.15) is 12.4 Å². The molecule has 3 aromatic carbocycles. The largest absolute Gasteiger partial charge is 0.488 e. The summed E-state index contributed by atoms with van der Waals surface area (Å²) in [7, 11) is 0. The van der Waals surface area contributed by atoms with Crippen LogP contribution in [-0.4, -0.2) is 31.3 Å². The Balaban J connectivity index is 1.65. The van der Waals surface area contributed by atoms with Crippen LogP contribution >= 0.6 is 11.6 Å². The summed E-state index contributed by atoms with van der Waals surface area (Å²) in [6, 6.07) is 21.1. The van der Waals surface area contributed by atoms with Crippen LogP contribution in [-0.2, 0) is 11.3 Å². The van der Waals surface area contributed by atoms with Gasteiger partial charge >= 0.3 is 6.01 Å². The monoisotopic (exact) mass is 448 g/mol. The number of benzene rings is 3. The van der Waals surface area contributed by atoms with Gasteiger partial charge in [0, 0.05) is 18.1 Å². The summed E-state index contributed by atoms with van der Waals surface area (Å²) < 4.78 is 17.8. The third-order valence-corrected chi connectivity index (χ3v) is 5.64. The molecule has 1 aromatic heterocycles. The van der Waals surface area contributed by atoms with Gasteiger partial charge in [-0.3, -0.25) is 4.79 Å². The Morgan fingerprint density at radius 3 is 2.47 bits per heavy atom. The molecular weight excluding hydrogens is 428 g/mol. The van der Waals surface area contributed by atoms with Crippen LogP contribution in [0.2, 0.25) is 5.02 Å². The predicted molar refractivity (Wildman–Crippen MR) is 125 cm³/mol. The van der Waals surface area contributed by atoms with Gasteiger partial charge in [-0.25, -0.2) is 0 Å². The number of rotatable bonds is 5. The summed E-state index contributed by atoms with van der Waals surface area (Å²) in [5.74, 6) is 0.617. The van der Waals surface area contributed by atoms with Crippen LogP contribution in [0.3, 0.4) is 0 Å². The number of morpholine rings is 1. The van der Waals surface area contributed by atoms with Gasteiger partial charge in [0.25, 0.3) is 5.56 Å². The molecule has 7 heteroatoms. The topological polar surface area (TPSA) is 64.8 Å². The van der Waals surface area contributed by atoms with Crippen LogP contribution in [0.1, 0.15) is 5.56 Å². The molecule has 162 valence electrons. The Labute approximate surface area is 190 Å². The van der Waals surface area contributed by atoms with E-state index in [1.54, 1.807) is 24.3 Å². The molecule has 5 rings (SSSR count). The third kappa shape index (κ3) is 4.20. The molecule has 0 radical (unpaired) electrons. The van der Waals surface area contributed by atoms with E-state index in [0.29, 0.717) is 66.2 Å². The fraction of sp³-hybridized carbons (Fsp3) is 0.200. The van der Waals surface area contributed by atoms with Gasteiger partial charge in [-0.2, -0.15) is 4.98 Å². The molecule has 6 nitrogen and oxygen atoms in total. The van der Waals surface area contributed by atoms with Gasteiger partial charge < -0.3 is 18.8 Å². The highest BCUT2D eigenvalue weighted by Crippen LogP contribution is 2.38. The van der Waals surface area contributed by atoms with Crippen molar-refractivity contribution in [2.24, 2.45) is 0 Å². The highest BCUT2D eigenvalue weighted by molar-refractivity contribution is 6.30. The molecule has 0 saturated carbocycles. The standard InChI is InChI=1S/C25H21ClN2O4/c26-19-8-6-18(7-9-19)22-21(31-16-17-4-2-1-3-5-17)11-10-20-23(22)32-25(27-24(20)29)28-12-14-30-15-13-28/h1-11H,12-16H2. The number of nitrogens with zero attached hydrogens (tertiary/aromatic N) is 2. The van der Waals surface area contributed by atoms with E-state index in [2.05, 4.69) is 4.98 Å². The maximum atomic E-state index is 12.9. The van der Waals surface area contributed by atoms with Crippen molar-refractivity contribution in [1.29, 1.82) is 0 Å². The zero-order valence-corrected chi connectivity index (χ0v) is 18.0. The van der Waals surface area contributed by atoms with Crippen molar-refractivity contribution in [3.63, 3.8) is 0 Å². The number of hydrogen-bond donors (Lipinski definition) is 0. The van der Waals surface area contributed by atoms with Crippen LogP contribution in [0.25, 0.3) is 22.1 Å². The number of hydrogen-bond acceptors (Lipinski definition) is 6. The molecule has 0 amide bonds. The zero-order chi connectivity index (χ0) is 21.9. The Hall–Kier alpha value is -3.35. The van der Waals surface area contributed by atoms with Gasteiger partial charge in [-0.1, -0.05) is 54.1 Å². The lowest BCUT2D eigenvalue weighted by molar-refractivity contribution is 0.120. The molecule has 1 fully saturated rings. The second-order valence-electron chi connectivity index (χ2n) is 7.50. The van der Waals surface area contributed by atoms with Crippen molar-refractivity contribution in [1.82, 2.24) is 4.98 Å². The average molecular weight is 449 g/mol. The maximum absolute atomic E-state index is 12.9. The first-order valence-electron chi connectivity index (χ1n) is 10.4. The van der Waals surface area contributed by atoms with Gasteiger partial charge in [0.2, 0.25) is 0 Å². The minimum absolute atomic E-state index is 0.293. The summed E-state index contributed by atoms with van der Waals surface area (Å²) in [4.78, 5) is 19.0. The molecule has 32 heavy (non-hydrogen) atoms. The minimum atomic E-state index is -0.336. The van der Waals surface area contributed by atoms with Crippen LogP contribution in [0.15, 0.2) is 75.9 Å². The van der Waals surface area contributed by atoms with E-state index >= 15 is 0 Å². The van der Waals surface area contributed by atoms with E-state index in [4.69, 9.17) is 25.5 Å². The number of aromatic nitrogens is 1. The first kappa shape index (κ1) is 20.5. The van der Waals surface area contributed by atoms with Gasteiger partial charge in [-0.15, -0.1) is 0 Å². The first-order chi connectivity index (χ1) is 15.7. The summed E-state index contributed by atoms with van der Waals surface area (Å²) in [6.45, 7) is 2.74. The lowest BCUT2D eigenvalue weighted by atomic mass is 10.0. The van der Waals surface area contributed by atoms with Crippen molar-refractivity contribution < 1.29 is 13.9 Å². The quantitative estimate of drug-likeness (QED) is 0.431. The lowest BCUT2D eigenvalue weighted by Gasteiger charge is -2.26. The van der Waals surface area contributed by atoms with Gasteiger partial charge in [0.05, 0.1) is 24.2 Å². The Morgan fingerprint density at radius 1 is 0.969 bits per heavy atom. The van der Waals surface area contributed by atoms with E-state index in [1.807, 2.05) is 47.4 Å². The molecule has 0 atom stereocenters. The molecule has 0 spiro atoms. The van der Waals surface area contributed by atoms with E-state index in [-0.39, 0.29) is 5.56 Å². The molecule has 1 saturated heterocycles. The number of fused-ring (bicyclic) bond motifs is 1. The van der Waals surface area contributed by atoms with E-state index in [0.717, 1.165) is 11.1 Å². The summed E-state index contributed by atoms with van der Waals surface area (Å²) in [5, 5.41) is 1.02. The molecule has 0 bridgehead atoms. The second kappa shape index (κ2) is 9.02. The molecule has 0 N–H and O–H groups in total. The zero-order valence-electron chi connectivity index (χ0n) is 17.3. The average Bonchev–Trinajstić information content (AvgIpc) is 2.84. The molecule has 0 unspecified atom stereocenters. The van der Waals surface area contributed by atoms with E-state index < -0.39 is 0 Å². The smallest absolute Gasteiger partial charge is 0.301 e. The van der Waals surface area contributed by atoms with E-state index in [1.165, 1.54) is 0 Å². The third-order valence-electron chi connectivity index (χ3n) is 5.39. The number of halogens is 1. The van der Waals surface area contributed by atoms with Crippen LogP contribution < -0.4 is 15.2 Å². The Morgan fingerprint density at radius 2 is 1.72 bits per heavy atom. The van der Waals surface area contributed by atoms with Crippen LogP contribution in [0, 0.1) is 0 Å². The lowest BCUT2D eigenvalue weighted by Crippen LogP contribution is -2.37. The molecule has 0 aliphatic carbocycles. The molecule has 2 heterocycles. The Kier molecular flexibility index (Phi) is 5.79. The highest BCUT2D eigenvalue weighted by Gasteiger charge is 2.21. The number of anilines is 1. The SMILES string of the molecule is O=c1nc(N2CCOCC2)oc2c(-c3ccc(Cl)cc3)c(OCc3ccccc3)ccc12. The predicted octanol–water partition coefficient (Wildman–Crippen LogP) is 4.92. The fourth-order valence-electron chi connectivity index (χ4n) is 3.74. The second-order valence-corrected chi connectivity index (χ2v) is 7.93. The van der Waals surface area contributed by atoms with Crippen molar-refractivity contribution in [2.45, 2.75) is 6.61 Å². The van der Waals surface area contributed by atoms with Crippen molar-refractivity contribution in [3.8, 4) is 16.9 Å². The van der Waals surface area contributed by atoms with Gasteiger partial charge in [0.15, 0.2) is 5.58 Å².